The van der Waals surface area contributed by atoms with Crippen molar-refractivity contribution in [1.29, 1.82) is 0 Å². The highest BCUT2D eigenvalue weighted by Gasteiger charge is 2.28. The maximum absolute atomic E-state index is 11.8. The van der Waals surface area contributed by atoms with Crippen LogP contribution in [-0.2, 0) is 4.79 Å². The van der Waals surface area contributed by atoms with Crippen LogP contribution < -0.4 is 11.1 Å². The van der Waals surface area contributed by atoms with Gasteiger partial charge in [-0.05, 0) is 43.9 Å². The average Bonchev–Trinajstić information content (AvgIpc) is 3.14. The van der Waals surface area contributed by atoms with Crippen molar-refractivity contribution in [2.45, 2.75) is 57.0 Å². The van der Waals surface area contributed by atoms with Crippen LogP contribution in [0.1, 0.15) is 44.9 Å². The second-order valence-corrected chi connectivity index (χ2v) is 5.69. The smallest absolute Gasteiger partial charge is 0.237 e. The molecule has 0 saturated heterocycles. The van der Waals surface area contributed by atoms with Gasteiger partial charge in [0, 0.05) is 12.6 Å². The zero-order valence-corrected chi connectivity index (χ0v) is 10.4. The van der Waals surface area contributed by atoms with Crippen molar-refractivity contribution in [3.63, 3.8) is 0 Å². The molecule has 0 bridgehead atoms. The van der Waals surface area contributed by atoms with Gasteiger partial charge >= 0.3 is 0 Å². The zero-order chi connectivity index (χ0) is 12.3. The number of carbonyl (C=O) groups is 1. The fraction of sp³-hybridized carbons (Fsp3) is 0.923. The molecule has 2 saturated carbocycles. The quantitative estimate of drug-likeness (QED) is 0.665. The Labute approximate surface area is 103 Å². The van der Waals surface area contributed by atoms with Crippen LogP contribution in [0.15, 0.2) is 0 Å². The lowest BCUT2D eigenvalue weighted by Gasteiger charge is -2.28. The van der Waals surface area contributed by atoms with E-state index in [9.17, 15) is 4.79 Å². The Kier molecular flexibility index (Phi) is 4.40. The standard InChI is InChI=1S/C13H24N2O2/c14-12(7-9-1-2-9)13(17)15-11-5-3-10(8-16)4-6-11/h9-12,16H,1-8,14H2,(H,15,17)/t10?,11?,12-/m0/s1. The molecule has 0 aromatic rings. The van der Waals surface area contributed by atoms with Crippen LogP contribution in [0.3, 0.4) is 0 Å². The molecule has 0 spiro atoms. The summed E-state index contributed by atoms with van der Waals surface area (Å²) in [5.74, 6) is 1.15. The molecule has 1 amide bonds. The van der Waals surface area contributed by atoms with Gasteiger partial charge in [-0.15, -0.1) is 0 Å². The summed E-state index contributed by atoms with van der Waals surface area (Å²) in [5, 5.41) is 12.1. The molecule has 4 nitrogen and oxygen atoms in total. The van der Waals surface area contributed by atoms with Gasteiger partial charge in [0.05, 0.1) is 6.04 Å². The molecule has 2 aliphatic rings. The van der Waals surface area contributed by atoms with Crippen LogP contribution in [0.2, 0.25) is 0 Å². The second kappa shape index (κ2) is 5.83. The molecule has 4 N–H and O–H groups in total. The van der Waals surface area contributed by atoms with Gasteiger partial charge in [0.15, 0.2) is 0 Å². The number of rotatable bonds is 5. The van der Waals surface area contributed by atoms with Gasteiger partial charge in [0.2, 0.25) is 5.91 Å². The Morgan fingerprint density at radius 2 is 1.76 bits per heavy atom. The minimum Gasteiger partial charge on any atom is -0.396 e. The lowest BCUT2D eigenvalue weighted by atomic mass is 9.86. The fourth-order valence-corrected chi connectivity index (χ4v) is 2.62. The van der Waals surface area contributed by atoms with E-state index in [0.29, 0.717) is 11.8 Å². The summed E-state index contributed by atoms with van der Waals surface area (Å²) < 4.78 is 0. The SMILES string of the molecule is N[C@@H](CC1CC1)C(=O)NC1CCC(CO)CC1. The number of hydrogen-bond acceptors (Lipinski definition) is 3. The van der Waals surface area contributed by atoms with Crippen molar-refractivity contribution in [2.24, 2.45) is 17.6 Å². The third-order valence-electron chi connectivity index (χ3n) is 4.07. The largest absolute Gasteiger partial charge is 0.396 e. The van der Waals surface area contributed by atoms with Crippen molar-refractivity contribution in [2.75, 3.05) is 6.61 Å². The summed E-state index contributed by atoms with van der Waals surface area (Å²) in [6.07, 6.45) is 7.31. The van der Waals surface area contributed by atoms with Crippen LogP contribution in [-0.4, -0.2) is 29.7 Å². The van der Waals surface area contributed by atoms with Crippen molar-refractivity contribution in [3.05, 3.63) is 0 Å². The number of carbonyl (C=O) groups excluding carboxylic acids is 1. The number of aliphatic hydroxyl groups is 1. The predicted octanol–water partition coefficient (Wildman–Crippen LogP) is 0.781. The topological polar surface area (TPSA) is 75.4 Å². The van der Waals surface area contributed by atoms with Crippen molar-refractivity contribution in [1.82, 2.24) is 5.32 Å². The lowest BCUT2D eigenvalue weighted by molar-refractivity contribution is -0.123. The van der Waals surface area contributed by atoms with Crippen molar-refractivity contribution < 1.29 is 9.90 Å². The summed E-state index contributed by atoms with van der Waals surface area (Å²) >= 11 is 0. The van der Waals surface area contributed by atoms with Gasteiger partial charge in [-0.1, -0.05) is 12.8 Å². The Balaban J connectivity index is 1.67. The second-order valence-electron chi connectivity index (χ2n) is 5.69. The molecule has 0 aliphatic heterocycles. The van der Waals surface area contributed by atoms with E-state index in [1.165, 1.54) is 12.8 Å². The number of nitrogens with one attached hydrogen (secondary N) is 1. The normalized spacial score (nSPS) is 30.9. The Bertz CT molecular complexity index is 258. The Hall–Kier alpha value is -0.610. The summed E-state index contributed by atoms with van der Waals surface area (Å²) in [7, 11) is 0. The fourth-order valence-electron chi connectivity index (χ4n) is 2.62. The van der Waals surface area contributed by atoms with Gasteiger partial charge in [0.25, 0.3) is 0 Å². The van der Waals surface area contributed by atoms with Crippen LogP contribution in [0.5, 0.6) is 0 Å². The molecule has 2 rings (SSSR count). The lowest BCUT2D eigenvalue weighted by Crippen LogP contribution is -2.46. The molecule has 0 radical (unpaired) electrons. The highest BCUT2D eigenvalue weighted by atomic mass is 16.3. The van der Waals surface area contributed by atoms with Gasteiger partial charge in [-0.25, -0.2) is 0 Å². The first kappa shape index (κ1) is 12.8. The minimum atomic E-state index is -0.321. The van der Waals surface area contributed by atoms with E-state index in [2.05, 4.69) is 5.32 Å². The summed E-state index contributed by atoms with van der Waals surface area (Å²) in [5.41, 5.74) is 5.88. The number of hydrogen-bond donors (Lipinski definition) is 3. The molecular weight excluding hydrogens is 216 g/mol. The average molecular weight is 240 g/mol. The summed E-state index contributed by atoms with van der Waals surface area (Å²) in [6, 6.07) is -0.0476. The highest BCUT2D eigenvalue weighted by molar-refractivity contribution is 5.81. The third kappa shape index (κ3) is 3.96. The van der Waals surface area contributed by atoms with E-state index in [-0.39, 0.29) is 24.6 Å². The first-order valence-electron chi connectivity index (χ1n) is 6.86. The van der Waals surface area contributed by atoms with E-state index < -0.39 is 0 Å². The van der Waals surface area contributed by atoms with Gasteiger partial charge in [0.1, 0.15) is 0 Å². The highest BCUT2D eigenvalue weighted by Crippen LogP contribution is 2.33. The molecule has 0 aromatic heterocycles. The molecule has 0 heterocycles. The summed E-state index contributed by atoms with van der Waals surface area (Å²) in [6.45, 7) is 0.280. The van der Waals surface area contributed by atoms with Crippen LogP contribution in [0.25, 0.3) is 0 Å². The Morgan fingerprint density at radius 3 is 2.29 bits per heavy atom. The number of aliphatic hydroxyl groups excluding tert-OH is 1. The first-order chi connectivity index (χ1) is 8.19. The van der Waals surface area contributed by atoms with Crippen LogP contribution in [0, 0.1) is 11.8 Å². The summed E-state index contributed by atoms with van der Waals surface area (Å²) in [4.78, 5) is 11.8. The monoisotopic (exact) mass is 240 g/mol. The van der Waals surface area contributed by atoms with E-state index >= 15 is 0 Å². The van der Waals surface area contributed by atoms with Crippen molar-refractivity contribution >= 4 is 5.91 Å². The molecule has 17 heavy (non-hydrogen) atoms. The maximum atomic E-state index is 11.8. The molecule has 0 unspecified atom stereocenters. The first-order valence-corrected chi connectivity index (χ1v) is 6.86. The molecule has 4 heteroatoms. The van der Waals surface area contributed by atoms with Gasteiger partial charge < -0.3 is 16.2 Å². The van der Waals surface area contributed by atoms with Crippen LogP contribution in [0.4, 0.5) is 0 Å². The van der Waals surface area contributed by atoms with E-state index in [1.807, 2.05) is 0 Å². The molecule has 2 fully saturated rings. The van der Waals surface area contributed by atoms with E-state index in [1.54, 1.807) is 0 Å². The molecular formula is C13H24N2O2. The van der Waals surface area contributed by atoms with Crippen molar-refractivity contribution in [3.8, 4) is 0 Å². The van der Waals surface area contributed by atoms with E-state index in [4.69, 9.17) is 10.8 Å². The predicted molar refractivity (Wildman–Crippen MR) is 66.3 cm³/mol. The van der Waals surface area contributed by atoms with Crippen LogP contribution >= 0.6 is 0 Å². The van der Waals surface area contributed by atoms with Gasteiger partial charge in [-0.2, -0.15) is 0 Å². The third-order valence-corrected chi connectivity index (χ3v) is 4.07. The number of amides is 1. The van der Waals surface area contributed by atoms with Gasteiger partial charge in [-0.3, -0.25) is 4.79 Å². The minimum absolute atomic E-state index is 0.0179. The number of nitrogens with two attached hydrogens (primary N) is 1. The molecule has 98 valence electrons. The molecule has 2 aliphatic carbocycles. The maximum Gasteiger partial charge on any atom is 0.237 e. The Morgan fingerprint density at radius 1 is 1.18 bits per heavy atom. The molecule has 1 atom stereocenters. The molecule has 0 aromatic carbocycles. The zero-order valence-electron chi connectivity index (χ0n) is 10.4. The van der Waals surface area contributed by atoms with E-state index in [0.717, 1.165) is 32.1 Å².